The Morgan fingerprint density at radius 3 is 2.72 bits per heavy atom. The van der Waals surface area contributed by atoms with E-state index >= 15 is 0 Å². The Bertz CT molecular complexity index is 858. The summed E-state index contributed by atoms with van der Waals surface area (Å²) in [6.07, 6.45) is 8.58. The van der Waals surface area contributed by atoms with Crippen LogP contribution >= 0.6 is 0 Å². The number of hydrogen-bond donors (Lipinski definition) is 3. The Morgan fingerprint density at radius 1 is 1.36 bits per heavy atom. The first-order chi connectivity index (χ1) is 11.9. The normalized spacial score (nSPS) is 36.1. The van der Waals surface area contributed by atoms with E-state index in [9.17, 15) is 9.90 Å². The van der Waals surface area contributed by atoms with Crippen molar-refractivity contribution in [2.24, 2.45) is 30.5 Å². The van der Waals surface area contributed by atoms with Crippen molar-refractivity contribution in [2.75, 3.05) is 5.32 Å². The standard InChI is InChI=1S/C19H24N4O2/c1-23-3-2-13-16(14(17(20)24)9-21-18(13)23)22-15-11-4-10-5-12(15)8-19(25,6-10)7-11/h2-3,9-12,15,25H,4-8H2,1H3,(H2,20,24)(H,21,22)/t10?,11-,12?,15?,19?/m1/s1. The molecule has 6 rings (SSSR count). The molecule has 6 nitrogen and oxygen atoms in total. The van der Waals surface area contributed by atoms with Crippen molar-refractivity contribution in [1.29, 1.82) is 0 Å². The van der Waals surface area contributed by atoms with Crippen molar-refractivity contribution >= 4 is 22.6 Å². The molecule has 0 radical (unpaired) electrons. The molecule has 6 heteroatoms. The lowest BCUT2D eigenvalue weighted by Gasteiger charge is -2.58. The number of aryl methyl sites for hydroxylation is 1. The van der Waals surface area contributed by atoms with E-state index in [1.54, 1.807) is 6.20 Å². The number of pyridine rings is 1. The van der Waals surface area contributed by atoms with E-state index in [1.807, 2.05) is 23.9 Å². The fraction of sp³-hybridized carbons (Fsp3) is 0.579. The van der Waals surface area contributed by atoms with Crippen LogP contribution in [-0.4, -0.2) is 32.2 Å². The predicted molar refractivity (Wildman–Crippen MR) is 95.1 cm³/mol. The van der Waals surface area contributed by atoms with E-state index in [0.717, 1.165) is 36.0 Å². The summed E-state index contributed by atoms with van der Waals surface area (Å²) in [4.78, 5) is 16.4. The van der Waals surface area contributed by atoms with Gasteiger partial charge in [-0.25, -0.2) is 4.98 Å². The van der Waals surface area contributed by atoms with Crippen molar-refractivity contribution in [3.63, 3.8) is 0 Å². The number of aromatic nitrogens is 2. The first-order valence-electron chi connectivity index (χ1n) is 9.16. The van der Waals surface area contributed by atoms with E-state index in [4.69, 9.17) is 5.73 Å². The summed E-state index contributed by atoms with van der Waals surface area (Å²) in [5.74, 6) is 1.13. The number of nitrogens with zero attached hydrogens (tertiary/aromatic N) is 2. The maximum atomic E-state index is 12.0. The molecule has 0 aliphatic heterocycles. The molecule has 4 N–H and O–H groups in total. The maximum Gasteiger partial charge on any atom is 0.252 e. The third-order valence-corrected chi connectivity index (χ3v) is 6.71. The zero-order chi connectivity index (χ0) is 17.3. The number of carbonyl (C=O) groups is 1. The van der Waals surface area contributed by atoms with Gasteiger partial charge in [0.2, 0.25) is 0 Å². The second-order valence-electron chi connectivity index (χ2n) is 8.44. The molecule has 4 bridgehead atoms. The first-order valence-corrected chi connectivity index (χ1v) is 9.16. The molecule has 25 heavy (non-hydrogen) atoms. The van der Waals surface area contributed by atoms with Gasteiger partial charge in [-0.2, -0.15) is 0 Å². The van der Waals surface area contributed by atoms with Gasteiger partial charge in [-0.05, 0) is 55.9 Å². The number of anilines is 1. The fourth-order valence-corrected chi connectivity index (χ4v) is 5.94. The average Bonchev–Trinajstić information content (AvgIpc) is 2.91. The summed E-state index contributed by atoms with van der Waals surface area (Å²) in [7, 11) is 1.95. The Morgan fingerprint density at radius 2 is 2.08 bits per heavy atom. The van der Waals surface area contributed by atoms with Gasteiger partial charge in [0, 0.05) is 30.9 Å². The van der Waals surface area contributed by atoms with Crippen LogP contribution in [0.5, 0.6) is 0 Å². The van der Waals surface area contributed by atoms with Gasteiger partial charge >= 0.3 is 0 Å². The van der Waals surface area contributed by atoms with Gasteiger partial charge < -0.3 is 20.7 Å². The number of carbonyl (C=O) groups excluding carboxylic acids is 1. The average molecular weight is 340 g/mol. The summed E-state index contributed by atoms with van der Waals surface area (Å²) in [6.45, 7) is 0. The number of fused-ring (bicyclic) bond motifs is 1. The van der Waals surface area contributed by atoms with Gasteiger partial charge in [0.05, 0.1) is 16.9 Å². The van der Waals surface area contributed by atoms with Gasteiger partial charge in [-0.1, -0.05) is 0 Å². The number of amides is 1. The van der Waals surface area contributed by atoms with Gasteiger partial charge in [0.25, 0.3) is 5.91 Å². The highest BCUT2D eigenvalue weighted by Crippen LogP contribution is 2.56. The van der Waals surface area contributed by atoms with Crippen molar-refractivity contribution in [1.82, 2.24) is 9.55 Å². The Labute approximate surface area is 146 Å². The highest BCUT2D eigenvalue weighted by Gasteiger charge is 2.54. The molecule has 0 saturated heterocycles. The molecule has 4 aliphatic carbocycles. The van der Waals surface area contributed by atoms with Crippen LogP contribution in [0.15, 0.2) is 18.5 Å². The monoisotopic (exact) mass is 340 g/mol. The molecular weight excluding hydrogens is 316 g/mol. The van der Waals surface area contributed by atoms with Crippen LogP contribution in [0.25, 0.3) is 11.0 Å². The second kappa shape index (κ2) is 4.97. The number of primary amides is 1. The van der Waals surface area contributed by atoms with Gasteiger partial charge in [-0.3, -0.25) is 4.79 Å². The zero-order valence-electron chi connectivity index (χ0n) is 14.4. The van der Waals surface area contributed by atoms with Crippen LogP contribution in [0.4, 0.5) is 5.69 Å². The van der Waals surface area contributed by atoms with Crippen LogP contribution in [0.3, 0.4) is 0 Å². The first kappa shape index (κ1) is 15.2. The third kappa shape index (κ3) is 2.20. The molecule has 0 spiro atoms. The summed E-state index contributed by atoms with van der Waals surface area (Å²) in [5, 5.41) is 15.4. The molecule has 4 fully saturated rings. The molecule has 2 aromatic rings. The van der Waals surface area contributed by atoms with Crippen molar-refractivity contribution in [3.05, 3.63) is 24.0 Å². The highest BCUT2D eigenvalue weighted by atomic mass is 16.3. The summed E-state index contributed by atoms with van der Waals surface area (Å²) in [6, 6.07) is 2.28. The second-order valence-corrected chi connectivity index (χ2v) is 8.44. The number of hydrogen-bond acceptors (Lipinski definition) is 4. The molecule has 1 amide bonds. The molecule has 4 unspecified atom stereocenters. The quantitative estimate of drug-likeness (QED) is 0.797. The van der Waals surface area contributed by atoms with Crippen LogP contribution in [0, 0.1) is 17.8 Å². The minimum Gasteiger partial charge on any atom is -0.390 e. The lowest BCUT2D eigenvalue weighted by atomic mass is 9.52. The highest BCUT2D eigenvalue weighted by molar-refractivity contribution is 6.06. The van der Waals surface area contributed by atoms with Crippen LogP contribution < -0.4 is 11.1 Å². The van der Waals surface area contributed by atoms with Gasteiger partial charge in [-0.15, -0.1) is 0 Å². The number of rotatable bonds is 3. The van der Waals surface area contributed by atoms with Gasteiger partial charge in [0.15, 0.2) is 0 Å². The van der Waals surface area contributed by atoms with Crippen LogP contribution in [-0.2, 0) is 7.05 Å². The van der Waals surface area contributed by atoms with E-state index < -0.39 is 11.5 Å². The zero-order valence-corrected chi connectivity index (χ0v) is 14.4. The Balaban J connectivity index is 1.56. The number of aliphatic hydroxyl groups is 1. The number of nitrogens with one attached hydrogen (secondary N) is 1. The minimum absolute atomic E-state index is 0.292. The molecule has 4 saturated carbocycles. The van der Waals surface area contributed by atoms with E-state index in [0.29, 0.717) is 29.4 Å². The van der Waals surface area contributed by atoms with Crippen molar-refractivity contribution in [2.45, 2.75) is 43.7 Å². The number of nitrogens with two attached hydrogens (primary N) is 1. The molecule has 5 atom stereocenters. The lowest BCUT2D eigenvalue weighted by molar-refractivity contribution is -0.129. The van der Waals surface area contributed by atoms with E-state index in [-0.39, 0.29) is 0 Å². The van der Waals surface area contributed by atoms with E-state index in [1.165, 1.54) is 12.8 Å². The van der Waals surface area contributed by atoms with Gasteiger partial charge in [0.1, 0.15) is 5.65 Å². The van der Waals surface area contributed by atoms with Crippen LogP contribution in [0.2, 0.25) is 0 Å². The SMILES string of the molecule is Cn1ccc2c(NC3C4CC5C[C@@H]3CC(O)(C5)C4)c(C(N)=O)cnc21. The molecule has 2 heterocycles. The summed E-state index contributed by atoms with van der Waals surface area (Å²) in [5.41, 5.74) is 7.26. The van der Waals surface area contributed by atoms with Crippen LogP contribution in [0.1, 0.15) is 42.5 Å². The molecule has 4 aliphatic rings. The molecule has 0 aromatic carbocycles. The van der Waals surface area contributed by atoms with Crippen molar-refractivity contribution < 1.29 is 9.90 Å². The minimum atomic E-state index is -0.457. The third-order valence-electron chi connectivity index (χ3n) is 6.71. The van der Waals surface area contributed by atoms with E-state index in [2.05, 4.69) is 10.3 Å². The summed E-state index contributed by atoms with van der Waals surface area (Å²) >= 11 is 0. The lowest BCUT2D eigenvalue weighted by Crippen LogP contribution is -2.59. The topological polar surface area (TPSA) is 93.2 Å². The molecular formula is C19H24N4O2. The predicted octanol–water partition coefficient (Wildman–Crippen LogP) is 2.02. The largest absolute Gasteiger partial charge is 0.390 e. The fourth-order valence-electron chi connectivity index (χ4n) is 5.94. The van der Waals surface area contributed by atoms with Crippen molar-refractivity contribution in [3.8, 4) is 0 Å². The maximum absolute atomic E-state index is 12.0. The molecule has 132 valence electrons. The Hall–Kier alpha value is -2.08. The summed E-state index contributed by atoms with van der Waals surface area (Å²) < 4.78 is 1.95. The molecule has 2 aromatic heterocycles. The Kier molecular flexibility index (Phi) is 3.02. The smallest absolute Gasteiger partial charge is 0.252 e.